The van der Waals surface area contributed by atoms with E-state index in [0.29, 0.717) is 0 Å². The molecule has 1 aromatic heterocycles. The SMILES string of the molecule is CC(N)(Cn1cc(-c2ccccc2)cn1)C(N)=O. The summed E-state index contributed by atoms with van der Waals surface area (Å²) in [6.45, 7) is 1.86. The molecule has 5 heteroatoms. The topological polar surface area (TPSA) is 86.9 Å². The van der Waals surface area contributed by atoms with Crippen molar-refractivity contribution in [3.8, 4) is 11.1 Å². The first-order valence-corrected chi connectivity index (χ1v) is 5.66. The minimum Gasteiger partial charge on any atom is -0.368 e. The lowest BCUT2D eigenvalue weighted by molar-refractivity contribution is -0.123. The molecule has 1 aromatic carbocycles. The Labute approximate surface area is 105 Å². The van der Waals surface area contributed by atoms with E-state index in [0.717, 1.165) is 11.1 Å². The average molecular weight is 244 g/mol. The van der Waals surface area contributed by atoms with Gasteiger partial charge in [0, 0.05) is 11.8 Å². The van der Waals surface area contributed by atoms with Crippen LogP contribution in [0.15, 0.2) is 42.7 Å². The maximum absolute atomic E-state index is 11.2. The third-order valence-electron chi connectivity index (χ3n) is 2.79. The fourth-order valence-corrected chi connectivity index (χ4v) is 1.64. The molecule has 0 bridgehead atoms. The highest BCUT2D eigenvalue weighted by Crippen LogP contribution is 2.18. The summed E-state index contributed by atoms with van der Waals surface area (Å²) in [5.74, 6) is -0.542. The van der Waals surface area contributed by atoms with Crippen molar-refractivity contribution in [2.45, 2.75) is 19.0 Å². The lowest BCUT2D eigenvalue weighted by atomic mass is 10.0. The van der Waals surface area contributed by atoms with Crippen LogP contribution < -0.4 is 11.5 Å². The molecule has 0 saturated heterocycles. The zero-order chi connectivity index (χ0) is 13.2. The molecule has 2 rings (SSSR count). The van der Waals surface area contributed by atoms with Crippen molar-refractivity contribution in [1.29, 1.82) is 0 Å². The highest BCUT2D eigenvalue weighted by Gasteiger charge is 2.26. The van der Waals surface area contributed by atoms with Gasteiger partial charge in [0.25, 0.3) is 0 Å². The number of nitrogens with zero attached hydrogens (tertiary/aromatic N) is 2. The molecule has 0 aliphatic heterocycles. The molecule has 4 N–H and O–H groups in total. The lowest BCUT2D eigenvalue weighted by Gasteiger charge is -2.19. The van der Waals surface area contributed by atoms with E-state index in [2.05, 4.69) is 5.10 Å². The molecule has 5 nitrogen and oxygen atoms in total. The third-order valence-corrected chi connectivity index (χ3v) is 2.79. The smallest absolute Gasteiger partial charge is 0.239 e. The normalized spacial score (nSPS) is 14.1. The van der Waals surface area contributed by atoms with Crippen molar-refractivity contribution in [2.24, 2.45) is 11.5 Å². The highest BCUT2D eigenvalue weighted by molar-refractivity contribution is 5.83. The van der Waals surface area contributed by atoms with Crippen LogP contribution in [0.1, 0.15) is 6.92 Å². The molecule has 0 saturated carbocycles. The van der Waals surface area contributed by atoms with E-state index >= 15 is 0 Å². The fourth-order valence-electron chi connectivity index (χ4n) is 1.64. The molecule has 0 fully saturated rings. The number of amides is 1. The Kier molecular flexibility index (Phi) is 3.16. The summed E-state index contributed by atoms with van der Waals surface area (Å²) in [5, 5.41) is 4.19. The van der Waals surface area contributed by atoms with Gasteiger partial charge >= 0.3 is 0 Å². The van der Waals surface area contributed by atoms with Crippen LogP contribution in [0.4, 0.5) is 0 Å². The first-order valence-electron chi connectivity index (χ1n) is 5.66. The number of primary amides is 1. The zero-order valence-corrected chi connectivity index (χ0v) is 10.2. The van der Waals surface area contributed by atoms with Crippen molar-refractivity contribution in [2.75, 3.05) is 0 Å². The number of aromatic nitrogens is 2. The molecule has 2 aromatic rings. The Morgan fingerprint density at radius 3 is 2.61 bits per heavy atom. The Morgan fingerprint density at radius 1 is 1.33 bits per heavy atom. The minimum atomic E-state index is -1.10. The monoisotopic (exact) mass is 244 g/mol. The second kappa shape index (κ2) is 4.62. The number of hydrogen-bond donors (Lipinski definition) is 2. The van der Waals surface area contributed by atoms with Crippen LogP contribution in [-0.4, -0.2) is 21.2 Å². The molecule has 1 atom stereocenters. The van der Waals surface area contributed by atoms with Gasteiger partial charge in [-0.15, -0.1) is 0 Å². The Balaban J connectivity index is 2.19. The second-order valence-electron chi connectivity index (χ2n) is 4.57. The summed E-state index contributed by atoms with van der Waals surface area (Å²) >= 11 is 0. The van der Waals surface area contributed by atoms with Crippen LogP contribution in [-0.2, 0) is 11.3 Å². The standard InChI is InChI=1S/C13H16N4O/c1-13(15,12(14)18)9-17-8-11(7-16-17)10-5-3-2-4-6-10/h2-8H,9,15H2,1H3,(H2,14,18). The quantitative estimate of drug-likeness (QED) is 0.832. The highest BCUT2D eigenvalue weighted by atomic mass is 16.1. The average Bonchev–Trinajstić information content (AvgIpc) is 2.78. The van der Waals surface area contributed by atoms with Crippen LogP contribution in [0, 0.1) is 0 Å². The first kappa shape index (κ1) is 12.3. The summed E-state index contributed by atoms with van der Waals surface area (Å²) in [6, 6.07) is 9.87. The molecule has 0 spiro atoms. The van der Waals surface area contributed by atoms with Crippen LogP contribution in [0.5, 0.6) is 0 Å². The van der Waals surface area contributed by atoms with Crippen LogP contribution >= 0.6 is 0 Å². The summed E-state index contributed by atoms with van der Waals surface area (Å²) in [4.78, 5) is 11.2. The summed E-state index contributed by atoms with van der Waals surface area (Å²) in [7, 11) is 0. The van der Waals surface area contributed by atoms with Gasteiger partial charge in [-0.05, 0) is 12.5 Å². The maximum atomic E-state index is 11.2. The fraction of sp³-hybridized carbons (Fsp3) is 0.231. The number of benzene rings is 1. The van der Waals surface area contributed by atoms with Crippen molar-refractivity contribution >= 4 is 5.91 Å². The molecule has 18 heavy (non-hydrogen) atoms. The Hall–Kier alpha value is -2.14. The number of hydrogen-bond acceptors (Lipinski definition) is 3. The Morgan fingerprint density at radius 2 is 2.00 bits per heavy atom. The number of rotatable bonds is 4. The van der Waals surface area contributed by atoms with Gasteiger partial charge in [0.1, 0.15) is 5.54 Å². The molecule has 0 aliphatic rings. The molecular weight excluding hydrogens is 228 g/mol. The maximum Gasteiger partial charge on any atom is 0.239 e. The van der Waals surface area contributed by atoms with Gasteiger partial charge in [-0.1, -0.05) is 30.3 Å². The molecule has 0 radical (unpaired) electrons. The predicted octanol–water partition coefficient (Wildman–Crippen LogP) is 0.753. The van der Waals surface area contributed by atoms with Gasteiger partial charge in [-0.2, -0.15) is 5.10 Å². The van der Waals surface area contributed by atoms with Crippen LogP contribution in [0.25, 0.3) is 11.1 Å². The second-order valence-corrected chi connectivity index (χ2v) is 4.57. The van der Waals surface area contributed by atoms with E-state index < -0.39 is 11.4 Å². The van der Waals surface area contributed by atoms with E-state index in [-0.39, 0.29) is 6.54 Å². The number of nitrogens with two attached hydrogens (primary N) is 2. The molecule has 1 heterocycles. The van der Waals surface area contributed by atoms with Gasteiger partial charge in [-0.3, -0.25) is 9.48 Å². The van der Waals surface area contributed by atoms with Crippen molar-refractivity contribution in [1.82, 2.24) is 9.78 Å². The predicted molar refractivity (Wildman–Crippen MR) is 69.4 cm³/mol. The molecule has 1 amide bonds. The van der Waals surface area contributed by atoms with Crippen molar-refractivity contribution in [3.63, 3.8) is 0 Å². The molecule has 0 aliphatic carbocycles. The van der Waals surface area contributed by atoms with Crippen molar-refractivity contribution in [3.05, 3.63) is 42.7 Å². The number of carbonyl (C=O) groups is 1. The molecule has 94 valence electrons. The van der Waals surface area contributed by atoms with Crippen molar-refractivity contribution < 1.29 is 4.79 Å². The zero-order valence-electron chi connectivity index (χ0n) is 10.2. The van der Waals surface area contributed by atoms with Gasteiger partial charge in [0.15, 0.2) is 0 Å². The Bertz CT molecular complexity index is 545. The summed E-state index contributed by atoms with van der Waals surface area (Å²) in [6.07, 6.45) is 3.59. The minimum absolute atomic E-state index is 0.259. The van der Waals surface area contributed by atoms with E-state index in [4.69, 9.17) is 11.5 Å². The van der Waals surface area contributed by atoms with E-state index in [1.807, 2.05) is 36.5 Å². The molecule has 1 unspecified atom stereocenters. The third kappa shape index (κ3) is 2.57. The lowest BCUT2D eigenvalue weighted by Crippen LogP contribution is -2.52. The van der Waals surface area contributed by atoms with Crippen LogP contribution in [0.2, 0.25) is 0 Å². The number of carbonyl (C=O) groups excluding carboxylic acids is 1. The van der Waals surface area contributed by atoms with E-state index in [1.165, 1.54) is 0 Å². The summed E-state index contributed by atoms with van der Waals surface area (Å²) < 4.78 is 1.63. The summed E-state index contributed by atoms with van der Waals surface area (Å²) in [5.41, 5.74) is 12.0. The largest absolute Gasteiger partial charge is 0.368 e. The van der Waals surface area contributed by atoms with Gasteiger partial charge in [0.05, 0.1) is 12.7 Å². The first-order chi connectivity index (χ1) is 8.49. The van der Waals surface area contributed by atoms with E-state index in [9.17, 15) is 4.79 Å². The van der Waals surface area contributed by atoms with Gasteiger partial charge in [0.2, 0.25) is 5.91 Å². The van der Waals surface area contributed by atoms with E-state index in [1.54, 1.807) is 17.8 Å². The van der Waals surface area contributed by atoms with Gasteiger partial charge in [-0.25, -0.2) is 0 Å². The van der Waals surface area contributed by atoms with Crippen LogP contribution in [0.3, 0.4) is 0 Å². The van der Waals surface area contributed by atoms with Gasteiger partial charge < -0.3 is 11.5 Å². The molecular formula is C13H16N4O.